The van der Waals surface area contributed by atoms with Gasteiger partial charge in [-0.15, -0.1) is 0 Å². The van der Waals surface area contributed by atoms with Crippen LogP contribution in [0.25, 0.3) is 0 Å². The third-order valence-electron chi connectivity index (χ3n) is 10.8. The highest BCUT2D eigenvalue weighted by atomic mass is 16.6. The Morgan fingerprint density at radius 1 is 0.976 bits per heavy atom. The van der Waals surface area contributed by atoms with Crippen molar-refractivity contribution >= 4 is 5.97 Å². The van der Waals surface area contributed by atoms with Crippen molar-refractivity contribution < 1.29 is 24.5 Å². The lowest BCUT2D eigenvalue weighted by Gasteiger charge is -2.61. The fourth-order valence-electron chi connectivity index (χ4n) is 8.45. The van der Waals surface area contributed by atoms with Crippen molar-refractivity contribution in [3.63, 3.8) is 0 Å². The number of nitrogens with zero attached hydrogens (tertiary/aromatic N) is 1. The Labute approximate surface area is 253 Å². The minimum Gasteiger partial charge on any atom is -0.481 e. The number of hydrogen-bond donors (Lipinski definition) is 2. The second kappa shape index (κ2) is 14.3. The van der Waals surface area contributed by atoms with E-state index in [-0.39, 0.29) is 18.6 Å². The van der Waals surface area contributed by atoms with Crippen LogP contribution in [-0.4, -0.2) is 52.4 Å². The monoisotopic (exact) mass is 581 g/mol. The third-order valence-corrected chi connectivity index (χ3v) is 10.8. The third kappa shape index (κ3) is 6.05. The summed E-state index contributed by atoms with van der Waals surface area (Å²) in [5.74, 6) is 1.02. The molecule has 6 nitrogen and oxygen atoms in total. The van der Waals surface area contributed by atoms with E-state index < -0.39 is 17.1 Å². The van der Waals surface area contributed by atoms with Gasteiger partial charge in [-0.3, -0.25) is 4.79 Å². The van der Waals surface area contributed by atoms with Crippen LogP contribution in [0.15, 0.2) is 24.0 Å². The molecule has 1 saturated heterocycles. The second-order valence-corrected chi connectivity index (χ2v) is 13.6. The normalized spacial score (nSPS) is 27.4. The maximum atomic E-state index is 13.0. The largest absolute Gasteiger partial charge is 0.481 e. The number of rotatable bonds is 18. The molecule has 6 heteroatoms. The van der Waals surface area contributed by atoms with E-state index in [2.05, 4.69) is 24.9 Å². The molecule has 0 aromatic heterocycles. The van der Waals surface area contributed by atoms with Gasteiger partial charge < -0.3 is 24.6 Å². The van der Waals surface area contributed by atoms with Gasteiger partial charge in [0.05, 0.1) is 17.6 Å². The highest BCUT2D eigenvalue weighted by Crippen LogP contribution is 2.64. The van der Waals surface area contributed by atoms with Crippen LogP contribution in [-0.2, 0) is 28.0 Å². The number of ether oxygens (including phenoxy) is 2. The molecule has 1 aromatic rings. The first-order valence-corrected chi connectivity index (χ1v) is 17.2. The van der Waals surface area contributed by atoms with Gasteiger partial charge in [0, 0.05) is 30.0 Å². The van der Waals surface area contributed by atoms with Crippen molar-refractivity contribution in [2.24, 2.45) is 0 Å². The smallest absolute Gasteiger partial charge is 0.310 e. The van der Waals surface area contributed by atoms with E-state index in [1.54, 1.807) is 0 Å². The summed E-state index contributed by atoms with van der Waals surface area (Å²) in [5.41, 5.74) is 1.30. The highest BCUT2D eigenvalue weighted by molar-refractivity contribution is 5.71. The van der Waals surface area contributed by atoms with Crippen molar-refractivity contribution in [3.8, 4) is 5.75 Å². The molecular weight excluding hydrogens is 526 g/mol. The number of carbonyl (C=O) groups excluding carboxylic acids is 1. The standard InChI is InChI=1S/C36H55NO5/c1-3-4-5-6-7-8-9-10-11-12-13-14-15-16-17-18-31(39)41-29-21-22-36(40)30-25-27-19-20-28(26-38)33-32(27)35(36,34(29)42-33)23-24-37(30)2/h19-21,30,34,38,40H,3-18,22-26H2,1-2H3/t30-,34?,35?,36-/m1/s1. The number of aliphatic hydroxyl groups excluding tert-OH is 1. The van der Waals surface area contributed by atoms with Crippen molar-refractivity contribution in [3.05, 3.63) is 40.7 Å². The number of unbranched alkanes of at least 4 members (excludes halogenated alkanes) is 14. The van der Waals surface area contributed by atoms with E-state index in [1.807, 2.05) is 12.1 Å². The molecule has 2 aliphatic heterocycles. The summed E-state index contributed by atoms with van der Waals surface area (Å²) in [4.78, 5) is 15.2. The SMILES string of the molecule is CCCCCCCCCCCCCCCCCC(=O)OC1=CC[C@@]2(O)[C@H]3Cc4ccc(CO)c5c4C2(CCN3C)C1O5. The van der Waals surface area contributed by atoms with Crippen LogP contribution in [0.4, 0.5) is 0 Å². The van der Waals surface area contributed by atoms with Crippen molar-refractivity contribution in [1.29, 1.82) is 0 Å². The van der Waals surface area contributed by atoms with Gasteiger partial charge in [0.2, 0.25) is 0 Å². The Bertz CT molecular complexity index is 1100. The van der Waals surface area contributed by atoms with Crippen LogP contribution >= 0.6 is 0 Å². The average molecular weight is 582 g/mol. The van der Waals surface area contributed by atoms with Crippen molar-refractivity contribution in [2.45, 2.75) is 159 Å². The van der Waals surface area contributed by atoms with Gasteiger partial charge in [0.1, 0.15) is 11.5 Å². The van der Waals surface area contributed by atoms with Crippen molar-refractivity contribution in [1.82, 2.24) is 4.90 Å². The average Bonchev–Trinajstić information content (AvgIpc) is 3.34. The van der Waals surface area contributed by atoms with E-state index in [9.17, 15) is 15.0 Å². The molecule has 5 rings (SSSR count). The Hall–Kier alpha value is -1.89. The van der Waals surface area contributed by atoms with Gasteiger partial charge in [-0.2, -0.15) is 0 Å². The van der Waals surface area contributed by atoms with Gasteiger partial charge in [0.15, 0.2) is 6.10 Å². The number of esters is 1. The lowest BCUT2D eigenvalue weighted by Crippen LogP contribution is -2.74. The Morgan fingerprint density at radius 2 is 1.60 bits per heavy atom. The van der Waals surface area contributed by atoms with Crippen molar-refractivity contribution in [2.75, 3.05) is 13.6 Å². The summed E-state index contributed by atoms with van der Waals surface area (Å²) in [5, 5.41) is 22.3. The Balaban J connectivity index is 1.06. The number of piperidine rings is 1. The minimum atomic E-state index is -0.999. The summed E-state index contributed by atoms with van der Waals surface area (Å²) in [6.45, 7) is 3.00. The Kier molecular flexibility index (Phi) is 10.7. The molecule has 0 saturated carbocycles. The van der Waals surface area contributed by atoms with Crippen LogP contribution in [0, 0.1) is 0 Å². The van der Waals surface area contributed by atoms with E-state index in [0.29, 0.717) is 24.4 Å². The topological polar surface area (TPSA) is 79.2 Å². The van der Waals surface area contributed by atoms with Gasteiger partial charge in [-0.05, 0) is 44.5 Å². The molecule has 4 atom stereocenters. The van der Waals surface area contributed by atoms with Crippen LogP contribution < -0.4 is 4.74 Å². The number of likely N-dealkylation sites (tertiary alicyclic amines) is 1. The van der Waals surface area contributed by atoms with E-state index in [4.69, 9.17) is 9.47 Å². The summed E-state index contributed by atoms with van der Waals surface area (Å²) >= 11 is 0. The number of likely N-dealkylation sites (N-methyl/N-ethyl adjacent to an activating group) is 1. The molecule has 2 bridgehead atoms. The predicted octanol–water partition coefficient (Wildman–Crippen LogP) is 7.26. The van der Waals surface area contributed by atoms with Crippen LogP contribution in [0.2, 0.25) is 0 Å². The molecule has 1 aromatic carbocycles. The predicted molar refractivity (Wildman–Crippen MR) is 166 cm³/mol. The van der Waals surface area contributed by atoms with Crippen LogP contribution in [0.5, 0.6) is 5.75 Å². The number of aliphatic hydroxyl groups is 2. The van der Waals surface area contributed by atoms with Gasteiger partial charge in [0.25, 0.3) is 0 Å². The summed E-state index contributed by atoms with van der Waals surface area (Å²) in [6, 6.07) is 4.00. The fourth-order valence-corrected chi connectivity index (χ4v) is 8.45. The highest BCUT2D eigenvalue weighted by Gasteiger charge is 2.71. The second-order valence-electron chi connectivity index (χ2n) is 13.6. The molecule has 42 heavy (non-hydrogen) atoms. The molecule has 0 radical (unpaired) electrons. The first-order valence-electron chi connectivity index (χ1n) is 17.2. The van der Waals surface area contributed by atoms with E-state index >= 15 is 0 Å². The zero-order valence-electron chi connectivity index (χ0n) is 26.3. The molecule has 2 unspecified atom stereocenters. The van der Waals surface area contributed by atoms with Gasteiger partial charge in [-0.1, -0.05) is 109 Å². The lowest BCUT2D eigenvalue weighted by molar-refractivity contribution is -0.169. The summed E-state index contributed by atoms with van der Waals surface area (Å²) < 4.78 is 12.6. The zero-order valence-corrected chi connectivity index (χ0v) is 26.3. The Morgan fingerprint density at radius 3 is 2.21 bits per heavy atom. The molecule has 234 valence electrons. The molecule has 1 spiro atoms. The quantitative estimate of drug-likeness (QED) is 0.140. The maximum Gasteiger partial charge on any atom is 0.310 e. The summed E-state index contributed by atoms with van der Waals surface area (Å²) in [6.07, 6.45) is 23.1. The maximum absolute atomic E-state index is 13.0. The molecule has 4 aliphatic rings. The molecule has 1 fully saturated rings. The first kappa shape index (κ1) is 31.5. The van der Waals surface area contributed by atoms with Crippen LogP contribution in [0.3, 0.4) is 0 Å². The van der Waals surface area contributed by atoms with Gasteiger partial charge in [-0.25, -0.2) is 0 Å². The molecule has 2 aliphatic carbocycles. The van der Waals surface area contributed by atoms with Gasteiger partial charge >= 0.3 is 5.97 Å². The van der Waals surface area contributed by atoms with E-state index in [0.717, 1.165) is 43.4 Å². The number of benzene rings is 1. The zero-order chi connectivity index (χ0) is 29.6. The first-order chi connectivity index (χ1) is 20.5. The summed E-state index contributed by atoms with van der Waals surface area (Å²) in [7, 11) is 2.09. The van der Waals surface area contributed by atoms with E-state index in [1.165, 1.54) is 89.0 Å². The van der Waals surface area contributed by atoms with Crippen LogP contribution in [0.1, 0.15) is 139 Å². The lowest BCUT2D eigenvalue weighted by atomic mass is 9.50. The number of hydrogen-bond acceptors (Lipinski definition) is 6. The molecule has 2 heterocycles. The minimum absolute atomic E-state index is 0.0235. The molecule has 2 N–H and O–H groups in total. The number of carbonyl (C=O) groups is 1. The molecule has 0 amide bonds. The fraction of sp³-hybridized carbons (Fsp3) is 0.750. The molecular formula is C36H55NO5.